The highest BCUT2D eigenvalue weighted by atomic mass is 35.5. The molecule has 0 atom stereocenters. The van der Waals surface area contributed by atoms with Crippen molar-refractivity contribution in [1.82, 2.24) is 24.5 Å². The van der Waals surface area contributed by atoms with Gasteiger partial charge >= 0.3 is 0 Å². The summed E-state index contributed by atoms with van der Waals surface area (Å²) in [7, 11) is 3.71. The Bertz CT molecular complexity index is 940. The molecule has 0 radical (unpaired) electrons. The van der Waals surface area contributed by atoms with E-state index in [0.29, 0.717) is 23.8 Å². The zero-order valence-electron chi connectivity index (χ0n) is 14.8. The first-order valence-corrected chi connectivity index (χ1v) is 9.01. The molecule has 0 saturated carbocycles. The quantitative estimate of drug-likeness (QED) is 0.698. The van der Waals surface area contributed by atoms with E-state index in [4.69, 9.17) is 16.7 Å². The van der Waals surface area contributed by atoms with Crippen LogP contribution in [0.15, 0.2) is 36.5 Å². The lowest BCUT2D eigenvalue weighted by Gasteiger charge is -2.20. The third kappa shape index (κ3) is 2.80. The molecule has 1 amide bonds. The molecule has 4 rings (SSSR count). The molecule has 0 unspecified atom stereocenters. The van der Waals surface area contributed by atoms with Crippen LogP contribution in [0.4, 0.5) is 0 Å². The number of carbonyl (C=O) groups is 1. The summed E-state index contributed by atoms with van der Waals surface area (Å²) in [5.74, 6) is -0.0722. The monoisotopic (exact) mass is 369 g/mol. The first kappa shape index (κ1) is 16.8. The Morgan fingerprint density at radius 1 is 1.08 bits per heavy atom. The summed E-state index contributed by atoms with van der Waals surface area (Å²) in [6.07, 6.45) is 3.06. The van der Waals surface area contributed by atoms with Crippen molar-refractivity contribution in [2.24, 2.45) is 14.1 Å². The Labute approximate surface area is 157 Å². The van der Waals surface area contributed by atoms with Gasteiger partial charge in [0.1, 0.15) is 5.69 Å². The summed E-state index contributed by atoms with van der Waals surface area (Å²) >= 11 is 6.15. The highest BCUT2D eigenvalue weighted by molar-refractivity contribution is 6.33. The minimum Gasteiger partial charge on any atom is -0.337 e. The van der Waals surface area contributed by atoms with Gasteiger partial charge in [-0.3, -0.25) is 14.2 Å². The van der Waals surface area contributed by atoms with Gasteiger partial charge < -0.3 is 4.90 Å². The van der Waals surface area contributed by atoms with Crippen LogP contribution in [0.5, 0.6) is 0 Å². The SMILES string of the molecule is Cn1nc(-c2ccccc2)c2c1CCN(C(=O)c1c(Cl)cnn1C)CC2. The topological polar surface area (TPSA) is 56.0 Å². The lowest BCUT2D eigenvalue weighted by Crippen LogP contribution is -2.35. The van der Waals surface area contributed by atoms with Crippen LogP contribution < -0.4 is 0 Å². The molecule has 26 heavy (non-hydrogen) atoms. The fourth-order valence-corrected chi connectivity index (χ4v) is 3.86. The largest absolute Gasteiger partial charge is 0.337 e. The molecular weight excluding hydrogens is 350 g/mol. The molecule has 3 heterocycles. The Kier molecular flexibility index (Phi) is 4.28. The number of amides is 1. The number of rotatable bonds is 2. The third-order valence-electron chi connectivity index (χ3n) is 4.96. The number of fused-ring (bicyclic) bond motifs is 1. The standard InChI is InChI=1S/C19H20ClN5O/c1-23-16-9-11-25(19(26)18-15(20)12-21-24(18)2)10-8-14(16)17(22-23)13-6-4-3-5-7-13/h3-7,12H,8-11H2,1-2H3. The number of hydrogen-bond donors (Lipinski definition) is 0. The van der Waals surface area contributed by atoms with E-state index in [1.165, 1.54) is 17.5 Å². The number of aromatic nitrogens is 4. The molecule has 0 N–H and O–H groups in total. The minimum absolute atomic E-state index is 0.0722. The second kappa shape index (κ2) is 6.61. The number of aryl methyl sites for hydroxylation is 2. The van der Waals surface area contributed by atoms with Gasteiger partial charge in [-0.25, -0.2) is 0 Å². The van der Waals surface area contributed by atoms with Crippen LogP contribution in [-0.4, -0.2) is 43.5 Å². The van der Waals surface area contributed by atoms with Crippen LogP contribution in [0.1, 0.15) is 21.7 Å². The van der Waals surface area contributed by atoms with Crippen LogP contribution in [0.25, 0.3) is 11.3 Å². The highest BCUT2D eigenvalue weighted by Gasteiger charge is 2.27. The van der Waals surface area contributed by atoms with E-state index in [1.54, 1.807) is 11.7 Å². The number of nitrogens with zero attached hydrogens (tertiary/aromatic N) is 5. The summed E-state index contributed by atoms with van der Waals surface area (Å²) in [6, 6.07) is 10.2. The summed E-state index contributed by atoms with van der Waals surface area (Å²) in [4.78, 5) is 14.8. The smallest absolute Gasteiger partial charge is 0.273 e. The van der Waals surface area contributed by atoms with E-state index in [2.05, 4.69) is 17.2 Å². The molecule has 1 aliphatic heterocycles. The molecule has 6 nitrogen and oxygen atoms in total. The summed E-state index contributed by atoms with van der Waals surface area (Å²) in [5.41, 5.74) is 4.98. The molecule has 0 aliphatic carbocycles. The Morgan fingerprint density at radius 2 is 1.81 bits per heavy atom. The number of carbonyl (C=O) groups excluding carboxylic acids is 1. The third-order valence-corrected chi connectivity index (χ3v) is 5.23. The van der Waals surface area contributed by atoms with Crippen LogP contribution in [-0.2, 0) is 26.9 Å². The van der Waals surface area contributed by atoms with Crippen molar-refractivity contribution in [3.8, 4) is 11.3 Å². The van der Waals surface area contributed by atoms with Crippen molar-refractivity contribution in [3.05, 3.63) is 58.5 Å². The maximum Gasteiger partial charge on any atom is 0.273 e. The molecule has 0 fully saturated rings. The average Bonchev–Trinajstić information content (AvgIpc) is 3.04. The van der Waals surface area contributed by atoms with Gasteiger partial charge in [-0.2, -0.15) is 10.2 Å². The van der Waals surface area contributed by atoms with Crippen LogP contribution in [0.2, 0.25) is 5.02 Å². The van der Waals surface area contributed by atoms with E-state index < -0.39 is 0 Å². The Morgan fingerprint density at radius 3 is 2.50 bits per heavy atom. The molecule has 7 heteroatoms. The van der Waals surface area contributed by atoms with Crippen molar-refractivity contribution in [1.29, 1.82) is 0 Å². The maximum absolute atomic E-state index is 12.9. The van der Waals surface area contributed by atoms with Crippen LogP contribution in [0, 0.1) is 0 Å². The summed E-state index contributed by atoms with van der Waals surface area (Å²) < 4.78 is 3.49. The lowest BCUT2D eigenvalue weighted by molar-refractivity contribution is 0.0751. The number of hydrogen-bond acceptors (Lipinski definition) is 3. The van der Waals surface area contributed by atoms with Crippen molar-refractivity contribution < 1.29 is 4.79 Å². The zero-order chi connectivity index (χ0) is 18.3. The molecule has 0 saturated heterocycles. The predicted octanol–water partition coefficient (Wildman–Crippen LogP) is 2.72. The average molecular weight is 370 g/mol. The normalized spacial score (nSPS) is 14.2. The lowest BCUT2D eigenvalue weighted by atomic mass is 10.0. The van der Waals surface area contributed by atoms with Crippen molar-refractivity contribution >= 4 is 17.5 Å². The second-order valence-corrected chi connectivity index (χ2v) is 6.93. The van der Waals surface area contributed by atoms with E-state index in [-0.39, 0.29) is 5.91 Å². The van der Waals surface area contributed by atoms with Gasteiger partial charge in [0, 0.05) is 50.4 Å². The molecule has 2 aromatic heterocycles. The minimum atomic E-state index is -0.0722. The van der Waals surface area contributed by atoms with Crippen LogP contribution in [0.3, 0.4) is 0 Å². The fraction of sp³-hybridized carbons (Fsp3) is 0.316. The van der Waals surface area contributed by atoms with Gasteiger partial charge in [0.15, 0.2) is 0 Å². The first-order valence-electron chi connectivity index (χ1n) is 8.63. The number of halogens is 1. The van der Waals surface area contributed by atoms with E-state index >= 15 is 0 Å². The molecule has 1 aliphatic rings. The van der Waals surface area contributed by atoms with E-state index in [0.717, 1.165) is 24.1 Å². The molecule has 1 aromatic carbocycles. The molecule has 0 spiro atoms. The van der Waals surface area contributed by atoms with Crippen molar-refractivity contribution in [3.63, 3.8) is 0 Å². The molecule has 134 valence electrons. The Hall–Kier alpha value is -2.60. The second-order valence-electron chi connectivity index (χ2n) is 6.52. The van der Waals surface area contributed by atoms with E-state index in [1.807, 2.05) is 34.8 Å². The van der Waals surface area contributed by atoms with Gasteiger partial charge in [-0.1, -0.05) is 41.9 Å². The molecule has 3 aromatic rings. The van der Waals surface area contributed by atoms with E-state index in [9.17, 15) is 4.79 Å². The first-order chi connectivity index (χ1) is 12.6. The van der Waals surface area contributed by atoms with Crippen LogP contribution >= 0.6 is 11.6 Å². The maximum atomic E-state index is 12.9. The van der Waals surface area contributed by atoms with Crippen molar-refractivity contribution in [2.45, 2.75) is 12.8 Å². The van der Waals surface area contributed by atoms with Gasteiger partial charge in [0.05, 0.1) is 16.9 Å². The number of benzene rings is 1. The zero-order valence-corrected chi connectivity index (χ0v) is 15.6. The van der Waals surface area contributed by atoms with Gasteiger partial charge in [0.25, 0.3) is 5.91 Å². The van der Waals surface area contributed by atoms with Gasteiger partial charge in [-0.05, 0) is 6.42 Å². The predicted molar refractivity (Wildman–Crippen MR) is 100 cm³/mol. The van der Waals surface area contributed by atoms with Crippen molar-refractivity contribution in [2.75, 3.05) is 13.1 Å². The van der Waals surface area contributed by atoms with Gasteiger partial charge in [0.2, 0.25) is 0 Å². The molecule has 0 bridgehead atoms. The van der Waals surface area contributed by atoms with Gasteiger partial charge in [-0.15, -0.1) is 0 Å². The summed E-state index contributed by atoms with van der Waals surface area (Å²) in [5, 5.41) is 9.20. The fourth-order valence-electron chi connectivity index (χ4n) is 3.61. The highest BCUT2D eigenvalue weighted by Crippen LogP contribution is 2.28. The summed E-state index contributed by atoms with van der Waals surface area (Å²) in [6.45, 7) is 1.28. The Balaban J connectivity index is 1.63. The molecular formula is C19H20ClN5O.